The number of hydrogen-bond acceptors (Lipinski definition) is 2. The Kier molecular flexibility index (Phi) is 2.63. The van der Waals surface area contributed by atoms with Crippen molar-refractivity contribution in [1.82, 2.24) is 5.32 Å². The summed E-state index contributed by atoms with van der Waals surface area (Å²) in [6.07, 6.45) is 2.55. The van der Waals surface area contributed by atoms with Crippen molar-refractivity contribution in [3.05, 3.63) is 35.9 Å². The minimum absolute atomic E-state index is 0.0485. The van der Waals surface area contributed by atoms with Gasteiger partial charge in [0.1, 0.15) is 0 Å². The van der Waals surface area contributed by atoms with Gasteiger partial charge in [-0.1, -0.05) is 30.3 Å². The summed E-state index contributed by atoms with van der Waals surface area (Å²) in [5, 5.41) is 3.12. The fourth-order valence-corrected chi connectivity index (χ4v) is 3.00. The predicted molar refractivity (Wildman–Crippen MR) is 64.6 cm³/mol. The Labute approximate surface area is 101 Å². The molecule has 3 rings (SSSR count). The molecule has 1 aromatic rings. The second-order valence-corrected chi connectivity index (χ2v) is 5.15. The van der Waals surface area contributed by atoms with Crippen molar-refractivity contribution in [2.75, 3.05) is 13.2 Å². The average molecular weight is 231 g/mol. The second kappa shape index (κ2) is 4.15. The van der Waals surface area contributed by atoms with Crippen LogP contribution in [0.1, 0.15) is 18.4 Å². The molecule has 2 atom stereocenters. The first-order valence-corrected chi connectivity index (χ1v) is 6.20. The Hall–Kier alpha value is -1.35. The van der Waals surface area contributed by atoms with Gasteiger partial charge >= 0.3 is 0 Å². The van der Waals surface area contributed by atoms with Gasteiger partial charge in [0.2, 0.25) is 5.91 Å². The highest BCUT2D eigenvalue weighted by Gasteiger charge is 2.49. The van der Waals surface area contributed by atoms with Gasteiger partial charge in [-0.25, -0.2) is 0 Å². The molecule has 1 aromatic carbocycles. The van der Waals surface area contributed by atoms with Gasteiger partial charge in [0.25, 0.3) is 0 Å². The van der Waals surface area contributed by atoms with Gasteiger partial charge < -0.3 is 10.1 Å². The Morgan fingerprint density at radius 2 is 2.18 bits per heavy atom. The number of nitrogens with one attached hydrogen (secondary N) is 1. The van der Waals surface area contributed by atoms with E-state index in [-0.39, 0.29) is 17.4 Å². The van der Waals surface area contributed by atoms with Crippen molar-refractivity contribution in [2.45, 2.75) is 25.3 Å². The zero-order valence-electron chi connectivity index (χ0n) is 9.82. The molecular weight excluding hydrogens is 214 g/mol. The quantitative estimate of drug-likeness (QED) is 0.838. The number of benzene rings is 1. The van der Waals surface area contributed by atoms with E-state index in [9.17, 15) is 4.79 Å². The molecule has 0 aliphatic carbocycles. The molecule has 2 unspecified atom stereocenters. The molecule has 1 spiro atoms. The number of amides is 1. The lowest BCUT2D eigenvalue weighted by Gasteiger charge is -2.28. The minimum atomic E-state index is 0.0485. The lowest BCUT2D eigenvalue weighted by molar-refractivity contribution is -0.119. The summed E-state index contributed by atoms with van der Waals surface area (Å²) in [4.78, 5) is 11.6. The van der Waals surface area contributed by atoms with Crippen LogP contribution >= 0.6 is 0 Å². The summed E-state index contributed by atoms with van der Waals surface area (Å²) < 4.78 is 5.51. The van der Waals surface area contributed by atoms with Crippen LogP contribution in [0.2, 0.25) is 0 Å². The maximum absolute atomic E-state index is 11.6. The van der Waals surface area contributed by atoms with Crippen molar-refractivity contribution >= 4 is 5.91 Å². The van der Waals surface area contributed by atoms with Crippen LogP contribution in [0, 0.1) is 5.41 Å². The average Bonchev–Trinajstić information content (AvgIpc) is 2.90. The summed E-state index contributed by atoms with van der Waals surface area (Å²) in [6.45, 7) is 1.52. The van der Waals surface area contributed by atoms with Gasteiger partial charge in [0.15, 0.2) is 0 Å². The van der Waals surface area contributed by atoms with E-state index in [0.717, 1.165) is 26.1 Å². The van der Waals surface area contributed by atoms with Crippen LogP contribution in [0.3, 0.4) is 0 Å². The van der Waals surface area contributed by atoms with E-state index in [2.05, 4.69) is 17.4 Å². The van der Waals surface area contributed by atoms with Crippen LogP contribution < -0.4 is 5.32 Å². The second-order valence-electron chi connectivity index (χ2n) is 5.15. The Morgan fingerprint density at radius 1 is 1.35 bits per heavy atom. The van der Waals surface area contributed by atoms with Crippen molar-refractivity contribution in [3.8, 4) is 0 Å². The molecule has 1 amide bonds. The van der Waals surface area contributed by atoms with E-state index in [1.165, 1.54) is 5.56 Å². The van der Waals surface area contributed by atoms with Crippen LogP contribution in [0.4, 0.5) is 0 Å². The summed E-state index contributed by atoms with van der Waals surface area (Å²) in [5.74, 6) is 0.177. The van der Waals surface area contributed by atoms with Gasteiger partial charge in [0, 0.05) is 24.5 Å². The van der Waals surface area contributed by atoms with Gasteiger partial charge in [-0.2, -0.15) is 0 Å². The summed E-state index contributed by atoms with van der Waals surface area (Å²) in [5.41, 5.74) is 1.33. The Morgan fingerprint density at radius 3 is 2.88 bits per heavy atom. The number of hydrogen-bond donors (Lipinski definition) is 1. The van der Waals surface area contributed by atoms with E-state index in [4.69, 9.17) is 4.74 Å². The van der Waals surface area contributed by atoms with Crippen LogP contribution in [-0.4, -0.2) is 25.2 Å². The molecule has 3 heteroatoms. The van der Waals surface area contributed by atoms with E-state index in [1.54, 1.807) is 0 Å². The molecular formula is C14H17NO2. The van der Waals surface area contributed by atoms with Crippen molar-refractivity contribution in [1.29, 1.82) is 0 Å². The van der Waals surface area contributed by atoms with E-state index in [1.807, 2.05) is 18.2 Å². The van der Waals surface area contributed by atoms with Crippen LogP contribution in [0.5, 0.6) is 0 Å². The lowest BCUT2D eigenvalue weighted by Crippen LogP contribution is -2.39. The molecule has 2 heterocycles. The molecule has 0 saturated carbocycles. The van der Waals surface area contributed by atoms with Crippen LogP contribution in [0.15, 0.2) is 30.3 Å². The number of carbonyl (C=O) groups is 1. The third-order valence-electron chi connectivity index (χ3n) is 4.00. The third-order valence-corrected chi connectivity index (χ3v) is 4.00. The molecule has 0 radical (unpaired) electrons. The maximum atomic E-state index is 11.6. The van der Waals surface area contributed by atoms with E-state index < -0.39 is 0 Å². The molecule has 2 fully saturated rings. The molecule has 2 saturated heterocycles. The van der Waals surface area contributed by atoms with Crippen molar-refractivity contribution in [3.63, 3.8) is 0 Å². The van der Waals surface area contributed by atoms with Crippen molar-refractivity contribution < 1.29 is 9.53 Å². The van der Waals surface area contributed by atoms with Gasteiger partial charge in [-0.05, 0) is 18.4 Å². The minimum Gasteiger partial charge on any atom is -0.381 e. The molecule has 1 N–H and O–H groups in total. The molecule has 2 aliphatic rings. The van der Waals surface area contributed by atoms with Crippen LogP contribution in [-0.2, 0) is 16.0 Å². The van der Waals surface area contributed by atoms with Gasteiger partial charge in [-0.15, -0.1) is 0 Å². The predicted octanol–water partition coefficient (Wildman–Crippen LogP) is 1.52. The normalized spacial score (nSPS) is 32.0. The highest BCUT2D eigenvalue weighted by molar-refractivity contribution is 5.80. The topological polar surface area (TPSA) is 38.3 Å². The summed E-state index contributed by atoms with van der Waals surface area (Å²) in [7, 11) is 0. The fraction of sp³-hybridized carbons (Fsp3) is 0.500. The van der Waals surface area contributed by atoms with E-state index >= 15 is 0 Å². The highest BCUT2D eigenvalue weighted by Crippen LogP contribution is 2.41. The molecule has 17 heavy (non-hydrogen) atoms. The van der Waals surface area contributed by atoms with Gasteiger partial charge in [-0.3, -0.25) is 4.79 Å². The first-order valence-electron chi connectivity index (χ1n) is 6.20. The molecule has 2 aliphatic heterocycles. The zero-order valence-corrected chi connectivity index (χ0v) is 9.82. The molecule has 3 nitrogen and oxygen atoms in total. The first-order chi connectivity index (χ1) is 8.28. The molecule has 0 bridgehead atoms. The lowest BCUT2D eigenvalue weighted by atomic mass is 9.77. The monoisotopic (exact) mass is 231 g/mol. The zero-order chi connectivity index (χ0) is 11.7. The standard InChI is InChI=1S/C14H17NO2/c16-13-9-14(6-7-17-10-14)12(15-13)8-11-4-2-1-3-5-11/h1-5,12H,6-10H2,(H,15,16). The molecule has 90 valence electrons. The summed E-state index contributed by atoms with van der Waals surface area (Å²) >= 11 is 0. The number of rotatable bonds is 2. The van der Waals surface area contributed by atoms with Crippen LogP contribution in [0.25, 0.3) is 0 Å². The number of ether oxygens (including phenoxy) is 1. The Balaban J connectivity index is 1.80. The SMILES string of the molecule is O=C1CC2(CCOC2)C(Cc2ccccc2)N1. The van der Waals surface area contributed by atoms with Crippen molar-refractivity contribution in [2.24, 2.45) is 5.41 Å². The summed E-state index contributed by atoms with van der Waals surface area (Å²) in [6, 6.07) is 10.6. The first kappa shape index (κ1) is 10.8. The number of carbonyl (C=O) groups excluding carboxylic acids is 1. The highest BCUT2D eigenvalue weighted by atomic mass is 16.5. The third kappa shape index (κ3) is 1.95. The maximum Gasteiger partial charge on any atom is 0.220 e. The van der Waals surface area contributed by atoms with Gasteiger partial charge in [0.05, 0.1) is 6.61 Å². The Bertz CT molecular complexity index is 409. The largest absolute Gasteiger partial charge is 0.381 e. The molecule has 0 aromatic heterocycles. The van der Waals surface area contributed by atoms with E-state index in [0.29, 0.717) is 6.42 Å². The fourth-order valence-electron chi connectivity index (χ4n) is 3.00. The smallest absolute Gasteiger partial charge is 0.220 e.